The number of hydrogen-bond acceptors (Lipinski definition) is 3. The van der Waals surface area contributed by atoms with Gasteiger partial charge in [0.15, 0.2) is 17.5 Å². The van der Waals surface area contributed by atoms with Gasteiger partial charge in [0.2, 0.25) is 5.91 Å². The van der Waals surface area contributed by atoms with E-state index in [1.165, 1.54) is 0 Å². The number of hydrogen-bond donors (Lipinski definition) is 1. The van der Waals surface area contributed by atoms with Crippen molar-refractivity contribution >= 4 is 11.6 Å². The van der Waals surface area contributed by atoms with Gasteiger partial charge in [-0.1, -0.05) is 0 Å². The van der Waals surface area contributed by atoms with Gasteiger partial charge in [0.05, 0.1) is 5.69 Å². The van der Waals surface area contributed by atoms with E-state index in [-0.39, 0.29) is 12.1 Å². The van der Waals surface area contributed by atoms with Gasteiger partial charge in [-0.25, -0.2) is 13.2 Å². The number of nitrogens with zero attached hydrogens (tertiary/aromatic N) is 2. The standard InChI is InChI=1S/C14H18F3N3O/c1-19-6-8-20(9-7-19)5-4-12(21)18-11-3-2-10(15)13(16)14(11)17/h2-3H,4-9H2,1H3,(H,18,21). The summed E-state index contributed by atoms with van der Waals surface area (Å²) >= 11 is 0. The third kappa shape index (κ3) is 4.18. The molecule has 0 radical (unpaired) electrons. The molecule has 1 aliphatic heterocycles. The van der Waals surface area contributed by atoms with E-state index < -0.39 is 23.4 Å². The quantitative estimate of drug-likeness (QED) is 0.860. The number of anilines is 1. The summed E-state index contributed by atoms with van der Waals surface area (Å²) in [5.41, 5.74) is -0.336. The van der Waals surface area contributed by atoms with Gasteiger partial charge in [-0.15, -0.1) is 0 Å². The largest absolute Gasteiger partial charge is 0.323 e. The van der Waals surface area contributed by atoms with Gasteiger partial charge < -0.3 is 15.1 Å². The van der Waals surface area contributed by atoms with Crippen LogP contribution in [0.15, 0.2) is 12.1 Å². The van der Waals surface area contributed by atoms with Gasteiger partial charge in [0, 0.05) is 39.1 Å². The van der Waals surface area contributed by atoms with E-state index in [0.717, 1.165) is 38.3 Å². The summed E-state index contributed by atoms with van der Waals surface area (Å²) in [4.78, 5) is 16.1. The van der Waals surface area contributed by atoms with Crippen LogP contribution in [0.5, 0.6) is 0 Å². The van der Waals surface area contributed by atoms with Crippen molar-refractivity contribution in [3.05, 3.63) is 29.6 Å². The van der Waals surface area contributed by atoms with E-state index in [4.69, 9.17) is 0 Å². The van der Waals surface area contributed by atoms with Crippen molar-refractivity contribution in [2.75, 3.05) is 45.1 Å². The van der Waals surface area contributed by atoms with Crippen LogP contribution in [0.25, 0.3) is 0 Å². The summed E-state index contributed by atoms with van der Waals surface area (Å²) in [6.07, 6.45) is 0.183. The first-order valence-corrected chi connectivity index (χ1v) is 6.81. The summed E-state index contributed by atoms with van der Waals surface area (Å²) < 4.78 is 39.2. The zero-order valence-electron chi connectivity index (χ0n) is 11.8. The normalized spacial score (nSPS) is 17.0. The van der Waals surface area contributed by atoms with E-state index in [1.807, 2.05) is 7.05 Å². The molecule has 116 valence electrons. The number of amides is 1. The van der Waals surface area contributed by atoms with E-state index in [0.29, 0.717) is 6.54 Å². The Morgan fingerprint density at radius 3 is 2.48 bits per heavy atom. The van der Waals surface area contributed by atoms with E-state index in [9.17, 15) is 18.0 Å². The average molecular weight is 301 g/mol. The molecule has 0 saturated carbocycles. The number of rotatable bonds is 4. The van der Waals surface area contributed by atoms with Crippen molar-refractivity contribution in [3.8, 4) is 0 Å². The number of benzene rings is 1. The number of carbonyl (C=O) groups is 1. The summed E-state index contributed by atoms with van der Waals surface area (Å²) in [6, 6.07) is 1.80. The van der Waals surface area contributed by atoms with Gasteiger partial charge in [0.25, 0.3) is 0 Å². The molecule has 0 spiro atoms. The Morgan fingerprint density at radius 2 is 1.81 bits per heavy atom. The molecular formula is C14H18F3N3O. The second kappa shape index (κ2) is 6.91. The van der Waals surface area contributed by atoms with Crippen molar-refractivity contribution < 1.29 is 18.0 Å². The van der Waals surface area contributed by atoms with Crippen LogP contribution in [0.4, 0.5) is 18.9 Å². The molecule has 2 rings (SSSR count). The zero-order valence-corrected chi connectivity index (χ0v) is 11.8. The Hall–Kier alpha value is -1.60. The predicted molar refractivity (Wildman–Crippen MR) is 73.5 cm³/mol. The van der Waals surface area contributed by atoms with Crippen LogP contribution < -0.4 is 5.32 Å². The van der Waals surface area contributed by atoms with Crippen molar-refractivity contribution in [1.29, 1.82) is 0 Å². The fraction of sp³-hybridized carbons (Fsp3) is 0.500. The van der Waals surface area contributed by atoms with Gasteiger partial charge in [-0.3, -0.25) is 4.79 Å². The Morgan fingerprint density at radius 1 is 1.14 bits per heavy atom. The van der Waals surface area contributed by atoms with Crippen molar-refractivity contribution in [3.63, 3.8) is 0 Å². The summed E-state index contributed by atoms with van der Waals surface area (Å²) in [6.45, 7) is 4.20. The maximum atomic E-state index is 13.4. The molecule has 0 atom stereocenters. The Balaban J connectivity index is 1.83. The molecular weight excluding hydrogens is 283 g/mol. The van der Waals surface area contributed by atoms with Crippen LogP contribution in [-0.4, -0.2) is 55.5 Å². The molecule has 0 unspecified atom stereocenters. The van der Waals surface area contributed by atoms with Crippen LogP contribution in [0, 0.1) is 17.5 Å². The summed E-state index contributed by atoms with van der Waals surface area (Å²) in [5.74, 6) is -4.64. The van der Waals surface area contributed by atoms with Crippen LogP contribution in [0.2, 0.25) is 0 Å². The van der Waals surface area contributed by atoms with Crippen LogP contribution in [0.3, 0.4) is 0 Å². The molecule has 4 nitrogen and oxygen atoms in total. The van der Waals surface area contributed by atoms with Gasteiger partial charge in [-0.05, 0) is 19.2 Å². The molecule has 1 aliphatic rings. The Labute approximate surface area is 121 Å². The number of nitrogens with one attached hydrogen (secondary N) is 1. The highest BCUT2D eigenvalue weighted by atomic mass is 19.2. The van der Waals surface area contributed by atoms with Gasteiger partial charge >= 0.3 is 0 Å². The van der Waals surface area contributed by atoms with Gasteiger partial charge in [-0.2, -0.15) is 0 Å². The molecule has 1 aromatic carbocycles. The molecule has 1 fully saturated rings. The molecule has 1 saturated heterocycles. The van der Waals surface area contributed by atoms with Crippen LogP contribution in [0.1, 0.15) is 6.42 Å². The third-order valence-electron chi connectivity index (χ3n) is 3.56. The van der Waals surface area contributed by atoms with E-state index >= 15 is 0 Å². The SMILES string of the molecule is CN1CCN(CCC(=O)Nc2ccc(F)c(F)c2F)CC1. The summed E-state index contributed by atoms with van der Waals surface area (Å²) in [5, 5.41) is 2.27. The first kappa shape index (κ1) is 15.8. The second-order valence-electron chi connectivity index (χ2n) is 5.17. The fourth-order valence-corrected chi connectivity index (χ4v) is 2.17. The topological polar surface area (TPSA) is 35.6 Å². The molecule has 7 heteroatoms. The Bertz CT molecular complexity index is 516. The highest BCUT2D eigenvalue weighted by Crippen LogP contribution is 2.19. The third-order valence-corrected chi connectivity index (χ3v) is 3.56. The molecule has 1 N–H and O–H groups in total. The number of piperazine rings is 1. The van der Waals surface area contributed by atoms with Crippen molar-refractivity contribution in [2.45, 2.75) is 6.42 Å². The maximum absolute atomic E-state index is 13.4. The van der Waals surface area contributed by atoms with Crippen molar-refractivity contribution in [1.82, 2.24) is 9.80 Å². The lowest BCUT2D eigenvalue weighted by Crippen LogP contribution is -2.45. The maximum Gasteiger partial charge on any atom is 0.225 e. The van der Waals surface area contributed by atoms with Crippen molar-refractivity contribution in [2.24, 2.45) is 0 Å². The fourth-order valence-electron chi connectivity index (χ4n) is 2.17. The highest BCUT2D eigenvalue weighted by molar-refractivity contribution is 5.90. The second-order valence-corrected chi connectivity index (χ2v) is 5.17. The highest BCUT2D eigenvalue weighted by Gasteiger charge is 2.17. The molecule has 0 aliphatic carbocycles. The van der Waals surface area contributed by atoms with Gasteiger partial charge in [0.1, 0.15) is 0 Å². The monoisotopic (exact) mass is 301 g/mol. The minimum atomic E-state index is -1.58. The molecule has 21 heavy (non-hydrogen) atoms. The first-order chi connectivity index (χ1) is 9.97. The smallest absolute Gasteiger partial charge is 0.225 e. The summed E-state index contributed by atoms with van der Waals surface area (Å²) in [7, 11) is 2.04. The van der Waals surface area contributed by atoms with Crippen LogP contribution >= 0.6 is 0 Å². The Kier molecular flexibility index (Phi) is 5.19. The molecule has 1 heterocycles. The lowest BCUT2D eigenvalue weighted by molar-refractivity contribution is -0.116. The van der Waals surface area contributed by atoms with Crippen LogP contribution in [-0.2, 0) is 4.79 Å². The first-order valence-electron chi connectivity index (χ1n) is 6.81. The average Bonchev–Trinajstić information content (AvgIpc) is 2.47. The lowest BCUT2D eigenvalue weighted by Gasteiger charge is -2.32. The minimum absolute atomic E-state index is 0.183. The number of carbonyl (C=O) groups excluding carboxylic acids is 1. The molecule has 1 amide bonds. The molecule has 1 aromatic rings. The van der Waals surface area contributed by atoms with E-state index in [2.05, 4.69) is 15.1 Å². The number of likely N-dealkylation sites (N-methyl/N-ethyl adjacent to an activating group) is 1. The predicted octanol–water partition coefficient (Wildman–Crippen LogP) is 1.68. The molecule has 0 aromatic heterocycles. The minimum Gasteiger partial charge on any atom is -0.323 e. The molecule has 0 bridgehead atoms. The zero-order chi connectivity index (χ0) is 15.4. The lowest BCUT2D eigenvalue weighted by atomic mass is 10.2. The number of halogens is 3. The van der Waals surface area contributed by atoms with E-state index in [1.54, 1.807) is 0 Å².